The topological polar surface area (TPSA) is 114 Å². The van der Waals surface area contributed by atoms with Crippen LogP contribution in [0.5, 0.6) is 0 Å². The summed E-state index contributed by atoms with van der Waals surface area (Å²) in [5, 5.41) is 3.13. The van der Waals surface area contributed by atoms with E-state index >= 15 is 0 Å². The summed E-state index contributed by atoms with van der Waals surface area (Å²) in [5.74, 6) is 0. The minimum Gasteiger partial charge on any atom is -0.744 e. The maximum absolute atomic E-state index is 12.6. The molecule has 0 unspecified atom stereocenters. The molecule has 0 aromatic heterocycles. The molecule has 0 radical (unpaired) electrons. The van der Waals surface area contributed by atoms with Gasteiger partial charge in [-0.3, -0.25) is 0 Å². The third-order valence-electron chi connectivity index (χ3n) is 19.0. The second-order valence-corrected chi connectivity index (χ2v) is 29.6. The number of benzene rings is 4. The predicted octanol–water partition coefficient (Wildman–Crippen LogP) is 25.6. The molecule has 4 aromatic rings. The van der Waals surface area contributed by atoms with Gasteiger partial charge in [-0.1, -0.05) is 397 Å². The molecular weight excluding hydrogens is 1260 g/mol. The summed E-state index contributed by atoms with van der Waals surface area (Å²) < 4.78 is 75.5. The zero-order valence-electron chi connectivity index (χ0n) is 58.3. The average Bonchev–Trinajstić information content (AvgIpc) is 1.49. The molecular formula is C80H134BaO6S2. The van der Waals surface area contributed by atoms with Gasteiger partial charge in [-0.15, -0.1) is 0 Å². The van der Waals surface area contributed by atoms with Gasteiger partial charge in [0.15, 0.2) is 0 Å². The molecule has 0 aliphatic carbocycles. The summed E-state index contributed by atoms with van der Waals surface area (Å²) in [6.07, 6.45) is 70.5. The monoisotopic (exact) mass is 1390 g/mol. The Balaban J connectivity index is 0.000000600. The fourth-order valence-corrected chi connectivity index (χ4v) is 15.6. The summed E-state index contributed by atoms with van der Waals surface area (Å²) in [4.78, 5) is 0.110. The van der Waals surface area contributed by atoms with Gasteiger partial charge in [-0.2, -0.15) is 0 Å². The van der Waals surface area contributed by atoms with Gasteiger partial charge in [-0.25, -0.2) is 16.8 Å². The van der Waals surface area contributed by atoms with Crippen molar-refractivity contribution in [1.82, 2.24) is 0 Å². The molecule has 0 saturated carbocycles. The Bertz CT molecular complexity index is 2370. The van der Waals surface area contributed by atoms with Crippen LogP contribution < -0.4 is 0 Å². The van der Waals surface area contributed by atoms with E-state index in [0.717, 1.165) is 86.1 Å². The molecule has 9 heteroatoms. The quantitative estimate of drug-likeness (QED) is 0.0247. The molecule has 0 atom stereocenters. The molecule has 0 heterocycles. The molecule has 89 heavy (non-hydrogen) atoms. The van der Waals surface area contributed by atoms with E-state index < -0.39 is 20.2 Å². The molecule has 0 N–H and O–H groups in total. The third kappa shape index (κ3) is 40.1. The largest absolute Gasteiger partial charge is 2.00 e. The fraction of sp³-hybridized carbons (Fsp3) is 0.750. The van der Waals surface area contributed by atoms with Crippen molar-refractivity contribution in [3.8, 4) is 0 Å². The maximum Gasteiger partial charge on any atom is 2.00 e. The first-order valence-corrected chi connectivity index (χ1v) is 40.8. The van der Waals surface area contributed by atoms with Crippen molar-refractivity contribution < 1.29 is 25.9 Å². The van der Waals surface area contributed by atoms with Crippen molar-refractivity contribution in [1.29, 1.82) is 0 Å². The Morgan fingerprint density at radius 2 is 0.416 bits per heavy atom. The zero-order chi connectivity index (χ0) is 63.4. The SMILES string of the molecule is CCCCCCCCCCCCCCCc1ccc2cccc(CCCCCCCCCCCCCCC)c2c1S(=O)(=O)[O-].CCCCCCCCCCCCCCCc1ccc2cccc(CCCCCCCCCCCCCCC)c2c1S(=O)(=O)[O-].[Ba+2]. The summed E-state index contributed by atoms with van der Waals surface area (Å²) >= 11 is 0. The Labute approximate surface area is 591 Å². The second kappa shape index (κ2) is 56.0. The van der Waals surface area contributed by atoms with Crippen LogP contribution in [0.25, 0.3) is 21.5 Å². The Hall–Kier alpha value is -1.21. The predicted molar refractivity (Wildman–Crippen MR) is 387 cm³/mol. The van der Waals surface area contributed by atoms with Crippen molar-refractivity contribution in [2.75, 3.05) is 0 Å². The molecule has 6 nitrogen and oxygen atoms in total. The van der Waals surface area contributed by atoms with E-state index in [0.29, 0.717) is 34.7 Å². The number of rotatable bonds is 58. The van der Waals surface area contributed by atoms with Crippen LogP contribution in [0.3, 0.4) is 0 Å². The smallest absolute Gasteiger partial charge is 0.744 e. The molecule has 4 rings (SSSR count). The summed E-state index contributed by atoms with van der Waals surface area (Å²) in [5.41, 5.74) is 3.47. The average molecular weight is 1390 g/mol. The molecule has 0 fully saturated rings. The van der Waals surface area contributed by atoms with Crippen LogP contribution in [-0.2, 0) is 45.9 Å². The van der Waals surface area contributed by atoms with Crippen LogP contribution in [0.2, 0.25) is 0 Å². The van der Waals surface area contributed by atoms with Gasteiger partial charge in [-0.05, 0) is 84.4 Å². The van der Waals surface area contributed by atoms with Crippen molar-refractivity contribution in [3.63, 3.8) is 0 Å². The molecule has 0 aliphatic rings. The molecule has 0 amide bonds. The summed E-state index contributed by atoms with van der Waals surface area (Å²) in [6, 6.07) is 19.8. The number of unbranched alkanes of at least 4 members (excludes halogenated alkanes) is 48. The van der Waals surface area contributed by atoms with Gasteiger partial charge in [0.2, 0.25) is 0 Å². The van der Waals surface area contributed by atoms with Gasteiger partial charge in [0.1, 0.15) is 20.2 Å². The first-order chi connectivity index (χ1) is 43.0. The minimum absolute atomic E-state index is 0. The van der Waals surface area contributed by atoms with E-state index in [2.05, 4.69) is 27.7 Å². The van der Waals surface area contributed by atoms with Gasteiger partial charge >= 0.3 is 48.9 Å². The first kappa shape index (κ1) is 83.9. The molecule has 4 aromatic carbocycles. The number of aryl methyl sites for hydroxylation is 4. The van der Waals surface area contributed by atoms with Gasteiger partial charge < -0.3 is 9.11 Å². The van der Waals surface area contributed by atoms with Gasteiger partial charge in [0, 0.05) is 10.8 Å². The van der Waals surface area contributed by atoms with Crippen LogP contribution >= 0.6 is 0 Å². The van der Waals surface area contributed by atoms with E-state index in [-0.39, 0.29) is 58.7 Å². The second-order valence-electron chi connectivity index (χ2n) is 27.0. The number of hydrogen-bond acceptors (Lipinski definition) is 6. The number of hydrogen-bond donors (Lipinski definition) is 0. The molecule has 504 valence electrons. The third-order valence-corrected chi connectivity index (χ3v) is 21.0. The number of fused-ring (bicyclic) bond motifs is 2. The van der Waals surface area contributed by atoms with Crippen LogP contribution in [0.4, 0.5) is 0 Å². The van der Waals surface area contributed by atoms with E-state index in [9.17, 15) is 25.9 Å². The van der Waals surface area contributed by atoms with E-state index in [1.807, 2.05) is 60.7 Å². The Morgan fingerprint density at radius 3 is 0.607 bits per heavy atom. The van der Waals surface area contributed by atoms with Crippen molar-refractivity contribution in [2.45, 2.75) is 397 Å². The van der Waals surface area contributed by atoms with Crippen molar-refractivity contribution in [2.24, 2.45) is 0 Å². The Morgan fingerprint density at radius 1 is 0.236 bits per heavy atom. The molecule has 0 aliphatic heterocycles. The first-order valence-electron chi connectivity index (χ1n) is 38.0. The Kier molecular flexibility index (Phi) is 52.8. The van der Waals surface area contributed by atoms with E-state index in [4.69, 9.17) is 0 Å². The molecule has 0 spiro atoms. The minimum atomic E-state index is -4.56. The summed E-state index contributed by atoms with van der Waals surface area (Å²) in [7, 11) is -9.12. The van der Waals surface area contributed by atoms with Crippen LogP contribution in [0.15, 0.2) is 70.5 Å². The zero-order valence-corrected chi connectivity index (χ0v) is 64.4. The van der Waals surface area contributed by atoms with Crippen molar-refractivity contribution >= 4 is 90.7 Å². The van der Waals surface area contributed by atoms with E-state index in [1.165, 1.54) is 283 Å². The van der Waals surface area contributed by atoms with E-state index in [1.54, 1.807) is 0 Å². The van der Waals surface area contributed by atoms with Crippen LogP contribution in [0, 0.1) is 0 Å². The fourth-order valence-electron chi connectivity index (χ4n) is 13.6. The molecule has 0 bridgehead atoms. The van der Waals surface area contributed by atoms with Gasteiger partial charge in [0.25, 0.3) is 0 Å². The summed E-state index contributed by atoms with van der Waals surface area (Å²) in [6.45, 7) is 9.08. The van der Waals surface area contributed by atoms with Crippen LogP contribution in [0.1, 0.15) is 384 Å². The molecule has 0 saturated heterocycles. The normalized spacial score (nSPS) is 11.8. The van der Waals surface area contributed by atoms with Crippen molar-refractivity contribution in [3.05, 3.63) is 82.9 Å². The standard InChI is InChI=1S/2C40H68O3S.Ba/c2*1-3-5-7-9-11-13-15-17-19-21-23-25-27-30-36-32-29-33-37-34-35-38(40(39(36)37)44(41,42)43)31-28-26-24-22-20-18-16-14-12-10-8-6-4-2;/h2*29,32-35H,3-28,30-31H2,1-2H3,(H,41,42,43);/q;;+2/p-2. The van der Waals surface area contributed by atoms with Gasteiger partial charge in [0.05, 0.1) is 9.79 Å². The van der Waals surface area contributed by atoms with Crippen LogP contribution in [-0.4, -0.2) is 74.8 Å². The maximum atomic E-state index is 12.6.